The van der Waals surface area contributed by atoms with E-state index in [-0.39, 0.29) is 5.38 Å². The molecule has 0 aliphatic heterocycles. The lowest BCUT2D eigenvalue weighted by Gasteiger charge is -2.13. The zero-order chi connectivity index (χ0) is 11.4. The van der Waals surface area contributed by atoms with Crippen LogP contribution in [0.25, 0.3) is 0 Å². The molecule has 0 aliphatic rings. The summed E-state index contributed by atoms with van der Waals surface area (Å²) in [4.78, 5) is 0. The van der Waals surface area contributed by atoms with Gasteiger partial charge < -0.3 is 0 Å². The van der Waals surface area contributed by atoms with Crippen LogP contribution < -0.4 is 0 Å². The van der Waals surface area contributed by atoms with Crippen molar-refractivity contribution in [2.24, 2.45) is 5.92 Å². The lowest BCUT2D eigenvalue weighted by molar-refractivity contribution is 0.543. The van der Waals surface area contributed by atoms with Crippen LogP contribution in [0.15, 0.2) is 10.7 Å². The van der Waals surface area contributed by atoms with E-state index in [1.165, 1.54) is 5.69 Å². The Morgan fingerprint density at radius 3 is 2.73 bits per heavy atom. The van der Waals surface area contributed by atoms with Gasteiger partial charge in [-0.25, -0.2) is 0 Å². The molecule has 1 unspecified atom stereocenters. The van der Waals surface area contributed by atoms with Crippen LogP contribution in [0.2, 0.25) is 0 Å². The summed E-state index contributed by atoms with van der Waals surface area (Å²) in [6.45, 7) is 7.33. The summed E-state index contributed by atoms with van der Waals surface area (Å²) in [5.41, 5.74) is 1.25. The van der Waals surface area contributed by atoms with Gasteiger partial charge in [0.1, 0.15) is 0 Å². The number of alkyl halides is 1. The molecule has 1 aromatic heterocycles. The van der Waals surface area contributed by atoms with Crippen molar-refractivity contribution in [3.63, 3.8) is 0 Å². The molecule has 2 nitrogen and oxygen atoms in total. The zero-order valence-corrected chi connectivity index (χ0v) is 11.8. The average Bonchev–Trinajstić information content (AvgIpc) is 2.55. The molecule has 1 atom stereocenters. The van der Waals surface area contributed by atoms with Gasteiger partial charge in [0.05, 0.1) is 16.4 Å². The summed E-state index contributed by atoms with van der Waals surface area (Å²) in [5, 5.41) is 4.53. The number of aromatic nitrogens is 2. The van der Waals surface area contributed by atoms with Gasteiger partial charge in [0.2, 0.25) is 0 Å². The lowest BCUT2D eigenvalue weighted by atomic mass is 10.0. The van der Waals surface area contributed by atoms with E-state index in [9.17, 15) is 0 Å². The van der Waals surface area contributed by atoms with Crippen LogP contribution in [0.3, 0.4) is 0 Å². The van der Waals surface area contributed by atoms with E-state index in [1.807, 2.05) is 10.9 Å². The molecule has 0 spiro atoms. The van der Waals surface area contributed by atoms with Gasteiger partial charge in [-0.1, -0.05) is 13.8 Å². The largest absolute Gasteiger partial charge is 0.269 e. The number of aryl methyl sites for hydroxylation is 1. The molecule has 86 valence electrons. The minimum Gasteiger partial charge on any atom is -0.269 e. The Morgan fingerprint density at radius 1 is 1.53 bits per heavy atom. The van der Waals surface area contributed by atoms with Crippen molar-refractivity contribution in [1.29, 1.82) is 0 Å². The Labute approximate surface area is 105 Å². The molecule has 1 aromatic rings. The molecule has 0 bridgehead atoms. The fourth-order valence-corrected chi connectivity index (χ4v) is 2.12. The summed E-state index contributed by atoms with van der Waals surface area (Å²) in [5.74, 6) is 0.531. The van der Waals surface area contributed by atoms with E-state index >= 15 is 0 Å². The Kier molecular flexibility index (Phi) is 5.13. The molecule has 0 radical (unpaired) electrons. The predicted molar refractivity (Wildman–Crippen MR) is 68.4 cm³/mol. The van der Waals surface area contributed by atoms with Crippen LogP contribution in [0, 0.1) is 5.92 Å². The Bertz CT molecular complexity index is 310. The number of nitrogens with zero attached hydrogens (tertiary/aromatic N) is 2. The van der Waals surface area contributed by atoms with Crippen LogP contribution in [-0.2, 0) is 13.0 Å². The molecule has 0 saturated carbocycles. The Morgan fingerprint density at radius 2 is 2.20 bits per heavy atom. The van der Waals surface area contributed by atoms with Crippen molar-refractivity contribution in [3.05, 3.63) is 16.4 Å². The van der Waals surface area contributed by atoms with Gasteiger partial charge in [-0.2, -0.15) is 5.10 Å². The quantitative estimate of drug-likeness (QED) is 0.754. The molecular weight excluding hydrogens is 275 g/mol. The first kappa shape index (κ1) is 13.0. The highest BCUT2D eigenvalue weighted by Crippen LogP contribution is 2.21. The van der Waals surface area contributed by atoms with Crippen molar-refractivity contribution < 1.29 is 0 Å². The molecule has 0 fully saturated rings. The van der Waals surface area contributed by atoms with Gasteiger partial charge >= 0.3 is 0 Å². The molecule has 15 heavy (non-hydrogen) atoms. The van der Waals surface area contributed by atoms with Crippen molar-refractivity contribution >= 4 is 27.5 Å². The smallest absolute Gasteiger partial charge is 0.0635 e. The van der Waals surface area contributed by atoms with E-state index in [2.05, 4.69) is 41.8 Å². The molecule has 0 amide bonds. The van der Waals surface area contributed by atoms with Crippen molar-refractivity contribution in [2.45, 2.75) is 45.5 Å². The number of hydrogen-bond donors (Lipinski definition) is 0. The molecule has 0 aliphatic carbocycles. The second kappa shape index (κ2) is 5.90. The maximum absolute atomic E-state index is 6.24. The molecule has 0 N–H and O–H groups in total. The fraction of sp³-hybridized carbons (Fsp3) is 0.727. The highest BCUT2D eigenvalue weighted by molar-refractivity contribution is 9.10. The van der Waals surface area contributed by atoms with Crippen molar-refractivity contribution in [2.75, 3.05) is 0 Å². The average molecular weight is 294 g/mol. The molecular formula is C11H18BrClN2. The standard InChI is InChI=1S/C11H18BrClN2/c1-4-15-11(9(12)7-14-15)6-5-10(13)8(2)3/h7-8,10H,4-6H2,1-3H3. The van der Waals surface area contributed by atoms with Crippen molar-refractivity contribution in [1.82, 2.24) is 9.78 Å². The third-order valence-corrected chi connectivity index (χ3v) is 3.96. The summed E-state index contributed by atoms with van der Waals surface area (Å²) in [6.07, 6.45) is 3.85. The SMILES string of the molecule is CCn1ncc(Br)c1CCC(Cl)C(C)C. The van der Waals surface area contributed by atoms with Crippen LogP contribution in [0.5, 0.6) is 0 Å². The zero-order valence-electron chi connectivity index (χ0n) is 9.50. The maximum atomic E-state index is 6.24. The normalized spacial score (nSPS) is 13.5. The first-order valence-electron chi connectivity index (χ1n) is 5.40. The van der Waals surface area contributed by atoms with Gasteiger partial charge in [0.25, 0.3) is 0 Å². The third kappa shape index (κ3) is 3.49. The minimum atomic E-state index is 0.247. The Hall–Kier alpha value is -0.0200. The molecule has 1 heterocycles. The summed E-state index contributed by atoms with van der Waals surface area (Å²) in [6, 6.07) is 0. The number of hydrogen-bond acceptors (Lipinski definition) is 1. The maximum Gasteiger partial charge on any atom is 0.0635 e. The van der Waals surface area contributed by atoms with Crippen LogP contribution in [-0.4, -0.2) is 15.2 Å². The number of rotatable bonds is 5. The molecule has 0 aromatic carbocycles. The van der Waals surface area contributed by atoms with Gasteiger partial charge in [-0.3, -0.25) is 4.68 Å². The second-order valence-electron chi connectivity index (χ2n) is 4.05. The minimum absolute atomic E-state index is 0.247. The lowest BCUT2D eigenvalue weighted by Crippen LogP contribution is -2.11. The van der Waals surface area contributed by atoms with Gasteiger partial charge in [-0.15, -0.1) is 11.6 Å². The first-order valence-corrected chi connectivity index (χ1v) is 6.63. The number of halogens is 2. The Balaban J connectivity index is 2.60. The van der Waals surface area contributed by atoms with Gasteiger partial charge in [0, 0.05) is 11.9 Å². The van der Waals surface area contributed by atoms with E-state index in [1.54, 1.807) is 0 Å². The summed E-state index contributed by atoms with van der Waals surface area (Å²) >= 11 is 9.75. The third-order valence-electron chi connectivity index (χ3n) is 2.58. The topological polar surface area (TPSA) is 17.8 Å². The van der Waals surface area contributed by atoms with E-state index < -0.39 is 0 Å². The van der Waals surface area contributed by atoms with Crippen LogP contribution in [0.1, 0.15) is 32.9 Å². The van der Waals surface area contributed by atoms with Crippen LogP contribution >= 0.6 is 27.5 Å². The van der Waals surface area contributed by atoms with Crippen molar-refractivity contribution in [3.8, 4) is 0 Å². The van der Waals surface area contributed by atoms with E-state index in [4.69, 9.17) is 11.6 Å². The van der Waals surface area contributed by atoms with E-state index in [0.717, 1.165) is 23.9 Å². The van der Waals surface area contributed by atoms with Gasteiger partial charge in [0.15, 0.2) is 0 Å². The molecule has 4 heteroatoms. The molecule has 1 rings (SSSR count). The summed E-state index contributed by atoms with van der Waals surface area (Å²) in [7, 11) is 0. The van der Waals surface area contributed by atoms with Crippen LogP contribution in [0.4, 0.5) is 0 Å². The second-order valence-corrected chi connectivity index (χ2v) is 5.47. The predicted octanol–water partition coefficient (Wildman–Crippen LogP) is 3.86. The first-order chi connectivity index (χ1) is 7.06. The highest BCUT2D eigenvalue weighted by atomic mass is 79.9. The summed E-state index contributed by atoms with van der Waals surface area (Å²) < 4.78 is 3.12. The van der Waals surface area contributed by atoms with E-state index in [0.29, 0.717) is 5.92 Å². The van der Waals surface area contributed by atoms with Gasteiger partial charge in [-0.05, 0) is 41.6 Å². The monoisotopic (exact) mass is 292 g/mol. The molecule has 0 saturated heterocycles. The highest BCUT2D eigenvalue weighted by Gasteiger charge is 2.13. The fourth-order valence-electron chi connectivity index (χ4n) is 1.52.